The molecule has 0 atom stereocenters. The van der Waals surface area contributed by atoms with Crippen LogP contribution >= 0.6 is 0 Å². The standard InChI is InChI=1S/C15H12FNO3/c1-15(2)7-10-11(13(18)14(15)19)12(17-20-10)8-3-5-9(16)6-4-8/h3-6H,7H2,1-2H3. The van der Waals surface area contributed by atoms with Gasteiger partial charge in [0, 0.05) is 17.4 Å². The summed E-state index contributed by atoms with van der Waals surface area (Å²) in [6.45, 7) is 3.41. The maximum absolute atomic E-state index is 12.9. The molecule has 102 valence electrons. The fraction of sp³-hybridized carbons (Fsp3) is 0.267. The SMILES string of the molecule is CC1(C)Cc2onc(-c3ccc(F)cc3)c2C(=O)C1=O. The van der Waals surface area contributed by atoms with Crippen LogP contribution in [0.15, 0.2) is 28.8 Å². The summed E-state index contributed by atoms with van der Waals surface area (Å²) in [5.74, 6) is -0.998. The Morgan fingerprint density at radius 2 is 1.85 bits per heavy atom. The molecule has 0 saturated heterocycles. The summed E-state index contributed by atoms with van der Waals surface area (Å²) in [5, 5.41) is 3.88. The lowest BCUT2D eigenvalue weighted by molar-refractivity contribution is -0.123. The van der Waals surface area contributed by atoms with Gasteiger partial charge in [0.1, 0.15) is 17.3 Å². The Kier molecular flexibility index (Phi) is 2.61. The Morgan fingerprint density at radius 1 is 1.20 bits per heavy atom. The van der Waals surface area contributed by atoms with E-state index in [1.165, 1.54) is 24.3 Å². The van der Waals surface area contributed by atoms with Gasteiger partial charge in [-0.15, -0.1) is 0 Å². The van der Waals surface area contributed by atoms with Gasteiger partial charge in [-0.3, -0.25) is 9.59 Å². The Bertz CT molecular complexity index is 713. The second-order valence-corrected chi connectivity index (χ2v) is 5.56. The van der Waals surface area contributed by atoms with Gasteiger partial charge in [0.15, 0.2) is 0 Å². The molecule has 20 heavy (non-hydrogen) atoms. The van der Waals surface area contributed by atoms with Crippen molar-refractivity contribution in [2.24, 2.45) is 5.41 Å². The van der Waals surface area contributed by atoms with Gasteiger partial charge in [-0.25, -0.2) is 4.39 Å². The first-order valence-corrected chi connectivity index (χ1v) is 6.24. The number of nitrogens with zero attached hydrogens (tertiary/aromatic N) is 1. The van der Waals surface area contributed by atoms with E-state index in [2.05, 4.69) is 5.16 Å². The highest BCUT2D eigenvalue weighted by molar-refractivity contribution is 6.47. The summed E-state index contributed by atoms with van der Waals surface area (Å²) >= 11 is 0. The topological polar surface area (TPSA) is 60.2 Å². The number of halogens is 1. The number of aromatic nitrogens is 1. The number of benzene rings is 1. The van der Waals surface area contributed by atoms with Gasteiger partial charge in [0.25, 0.3) is 0 Å². The van der Waals surface area contributed by atoms with E-state index in [0.717, 1.165) is 0 Å². The van der Waals surface area contributed by atoms with Gasteiger partial charge < -0.3 is 4.52 Å². The normalized spacial score (nSPS) is 17.1. The van der Waals surface area contributed by atoms with E-state index < -0.39 is 17.0 Å². The van der Waals surface area contributed by atoms with Crippen LogP contribution in [-0.4, -0.2) is 16.7 Å². The van der Waals surface area contributed by atoms with Gasteiger partial charge in [-0.1, -0.05) is 19.0 Å². The second kappa shape index (κ2) is 4.10. The molecule has 4 nitrogen and oxygen atoms in total. The highest BCUT2D eigenvalue weighted by Gasteiger charge is 2.44. The average molecular weight is 273 g/mol. The van der Waals surface area contributed by atoms with E-state index >= 15 is 0 Å². The third kappa shape index (κ3) is 1.78. The predicted molar refractivity (Wildman–Crippen MR) is 68.7 cm³/mol. The number of ketones is 2. The molecule has 3 rings (SSSR count). The van der Waals surface area contributed by atoms with Crippen molar-refractivity contribution in [3.8, 4) is 11.3 Å². The lowest BCUT2D eigenvalue weighted by Gasteiger charge is -2.24. The molecule has 1 aliphatic rings. The molecular weight excluding hydrogens is 261 g/mol. The highest BCUT2D eigenvalue weighted by Crippen LogP contribution is 2.36. The summed E-state index contributed by atoms with van der Waals surface area (Å²) in [4.78, 5) is 24.3. The molecule has 1 aromatic heterocycles. The Labute approximate surface area is 114 Å². The molecule has 1 aliphatic carbocycles. The van der Waals surface area contributed by atoms with Crippen molar-refractivity contribution in [2.45, 2.75) is 20.3 Å². The predicted octanol–water partition coefficient (Wildman–Crippen LogP) is 2.81. The zero-order chi connectivity index (χ0) is 14.5. The third-order valence-electron chi connectivity index (χ3n) is 3.53. The van der Waals surface area contributed by atoms with Crippen LogP contribution in [-0.2, 0) is 11.2 Å². The average Bonchev–Trinajstić information content (AvgIpc) is 2.80. The van der Waals surface area contributed by atoms with Gasteiger partial charge in [0.2, 0.25) is 11.6 Å². The number of carbonyl (C=O) groups is 2. The van der Waals surface area contributed by atoms with Gasteiger partial charge in [-0.2, -0.15) is 0 Å². The fourth-order valence-electron chi connectivity index (χ4n) is 2.39. The van der Waals surface area contributed by atoms with Crippen LogP contribution in [0.4, 0.5) is 4.39 Å². The fourth-order valence-corrected chi connectivity index (χ4v) is 2.39. The van der Waals surface area contributed by atoms with Crippen LogP contribution in [0.25, 0.3) is 11.3 Å². The number of fused-ring (bicyclic) bond motifs is 1. The number of carbonyl (C=O) groups excluding carboxylic acids is 2. The summed E-state index contributed by atoms with van der Waals surface area (Å²) in [5.41, 5.74) is 0.288. The lowest BCUT2D eigenvalue weighted by atomic mass is 9.74. The summed E-state index contributed by atoms with van der Waals surface area (Å²) in [6, 6.07) is 5.56. The smallest absolute Gasteiger partial charge is 0.234 e. The Morgan fingerprint density at radius 3 is 2.50 bits per heavy atom. The Hall–Kier alpha value is -2.30. The van der Waals surface area contributed by atoms with E-state index in [0.29, 0.717) is 23.4 Å². The first-order chi connectivity index (χ1) is 9.40. The molecule has 0 saturated carbocycles. The van der Waals surface area contributed by atoms with Crippen LogP contribution in [0.5, 0.6) is 0 Å². The van der Waals surface area contributed by atoms with Crippen molar-refractivity contribution in [3.05, 3.63) is 41.4 Å². The molecule has 0 fully saturated rings. The Balaban J connectivity index is 2.15. The largest absolute Gasteiger partial charge is 0.360 e. The molecule has 5 heteroatoms. The first-order valence-electron chi connectivity index (χ1n) is 6.24. The van der Waals surface area contributed by atoms with Crippen molar-refractivity contribution in [1.29, 1.82) is 0 Å². The van der Waals surface area contributed by atoms with Crippen molar-refractivity contribution in [1.82, 2.24) is 5.16 Å². The summed E-state index contributed by atoms with van der Waals surface area (Å²) in [7, 11) is 0. The number of rotatable bonds is 1. The maximum atomic E-state index is 12.9. The van der Waals surface area contributed by atoms with Gasteiger partial charge >= 0.3 is 0 Å². The number of hydrogen-bond acceptors (Lipinski definition) is 4. The minimum absolute atomic E-state index is 0.209. The molecular formula is C15H12FNO3. The quantitative estimate of drug-likeness (QED) is 0.749. The molecule has 0 amide bonds. The summed E-state index contributed by atoms with van der Waals surface area (Å²) in [6.07, 6.45) is 0.334. The highest BCUT2D eigenvalue weighted by atomic mass is 19.1. The van der Waals surface area contributed by atoms with E-state index in [-0.39, 0.29) is 11.4 Å². The molecule has 0 bridgehead atoms. The van der Waals surface area contributed by atoms with Crippen LogP contribution in [0.3, 0.4) is 0 Å². The van der Waals surface area contributed by atoms with E-state index in [9.17, 15) is 14.0 Å². The van der Waals surface area contributed by atoms with Gasteiger partial charge in [-0.05, 0) is 24.3 Å². The van der Waals surface area contributed by atoms with Crippen molar-refractivity contribution < 1.29 is 18.5 Å². The summed E-state index contributed by atoms with van der Waals surface area (Å²) < 4.78 is 18.2. The molecule has 1 aromatic carbocycles. The monoisotopic (exact) mass is 273 g/mol. The zero-order valence-electron chi connectivity index (χ0n) is 11.1. The molecule has 1 heterocycles. The van der Waals surface area contributed by atoms with Crippen LogP contribution in [0.2, 0.25) is 0 Å². The van der Waals surface area contributed by atoms with Crippen molar-refractivity contribution in [2.75, 3.05) is 0 Å². The lowest BCUT2D eigenvalue weighted by Crippen LogP contribution is -2.38. The zero-order valence-corrected chi connectivity index (χ0v) is 11.1. The van der Waals surface area contributed by atoms with Crippen LogP contribution < -0.4 is 0 Å². The molecule has 0 unspecified atom stereocenters. The number of hydrogen-bond donors (Lipinski definition) is 0. The molecule has 0 N–H and O–H groups in total. The maximum Gasteiger partial charge on any atom is 0.234 e. The molecule has 2 aromatic rings. The molecule has 0 aliphatic heterocycles. The first kappa shape index (κ1) is 12.7. The van der Waals surface area contributed by atoms with Crippen LogP contribution in [0, 0.1) is 11.2 Å². The van der Waals surface area contributed by atoms with E-state index in [1.54, 1.807) is 13.8 Å². The van der Waals surface area contributed by atoms with Crippen molar-refractivity contribution in [3.63, 3.8) is 0 Å². The third-order valence-corrected chi connectivity index (χ3v) is 3.53. The van der Waals surface area contributed by atoms with E-state index in [1.807, 2.05) is 0 Å². The molecule has 0 radical (unpaired) electrons. The minimum Gasteiger partial charge on any atom is -0.360 e. The van der Waals surface area contributed by atoms with Crippen LogP contribution in [0.1, 0.15) is 30.0 Å². The second-order valence-electron chi connectivity index (χ2n) is 5.56. The number of Topliss-reactive ketones (excluding diaryl/α,β-unsaturated/α-hetero) is 2. The van der Waals surface area contributed by atoms with Crippen molar-refractivity contribution >= 4 is 11.6 Å². The minimum atomic E-state index is -0.774. The van der Waals surface area contributed by atoms with E-state index in [4.69, 9.17) is 4.52 Å². The van der Waals surface area contributed by atoms with Gasteiger partial charge in [0.05, 0.1) is 5.56 Å². The molecule has 0 spiro atoms.